The maximum absolute atomic E-state index is 11.2. The summed E-state index contributed by atoms with van der Waals surface area (Å²) < 4.78 is 5.17. The quantitative estimate of drug-likeness (QED) is 0.407. The molecule has 1 aliphatic heterocycles. The topological polar surface area (TPSA) is 30.7 Å². The van der Waals surface area contributed by atoms with Crippen LogP contribution in [0.4, 0.5) is 0 Å². The van der Waals surface area contributed by atoms with E-state index in [4.69, 9.17) is 4.74 Å². The number of hydrogen-bond acceptors (Lipinski definition) is 2. The number of rotatable bonds is 12. The van der Waals surface area contributed by atoms with E-state index in [1.54, 1.807) is 4.90 Å². The lowest BCUT2D eigenvalue weighted by atomic mass is 9.90. The predicted octanol–water partition coefficient (Wildman–Crippen LogP) is 0.544. The molecule has 2 atom stereocenters. The molecule has 0 aromatic rings. The van der Waals surface area contributed by atoms with Gasteiger partial charge in [0.05, 0.1) is 12.6 Å². The third-order valence-corrected chi connectivity index (χ3v) is 5.27. The number of carbonyl (C=O) groups is 1. The van der Waals surface area contributed by atoms with Crippen LogP contribution >= 0.6 is 0 Å². The molecule has 24 heavy (non-hydrogen) atoms. The Morgan fingerprint density at radius 2 is 1.96 bits per heavy atom. The molecular formula is C20H38ClNO2. The smallest absolute Gasteiger partial charge is 0.330 e. The van der Waals surface area contributed by atoms with Crippen LogP contribution < -0.4 is 17.3 Å². The number of carbonyl (C=O) groups excluding carboxylic acids is 1. The first-order valence-corrected chi connectivity index (χ1v) is 9.85. The van der Waals surface area contributed by atoms with Gasteiger partial charge in [-0.1, -0.05) is 52.5 Å². The van der Waals surface area contributed by atoms with E-state index < -0.39 is 0 Å². The van der Waals surface area contributed by atoms with Crippen molar-refractivity contribution >= 4 is 5.97 Å². The lowest BCUT2D eigenvalue weighted by Crippen LogP contribution is -3.17. The van der Waals surface area contributed by atoms with Gasteiger partial charge in [0.2, 0.25) is 0 Å². The highest BCUT2D eigenvalue weighted by Gasteiger charge is 2.25. The summed E-state index contributed by atoms with van der Waals surface area (Å²) in [6.45, 7) is 10.8. The van der Waals surface area contributed by atoms with Gasteiger partial charge >= 0.3 is 5.97 Å². The Hall–Kier alpha value is -0.540. The van der Waals surface area contributed by atoms with Gasteiger partial charge in [-0.15, -0.1) is 0 Å². The summed E-state index contributed by atoms with van der Waals surface area (Å²) in [7, 11) is 0. The number of ether oxygens (including phenoxy) is 1. The summed E-state index contributed by atoms with van der Waals surface area (Å²) in [5.41, 5.74) is 0. The summed E-state index contributed by atoms with van der Waals surface area (Å²) in [5, 5.41) is 0. The molecule has 0 aromatic heterocycles. The van der Waals surface area contributed by atoms with Crippen LogP contribution in [0.1, 0.15) is 78.1 Å². The van der Waals surface area contributed by atoms with Crippen molar-refractivity contribution in [3.63, 3.8) is 0 Å². The van der Waals surface area contributed by atoms with E-state index in [-0.39, 0.29) is 18.4 Å². The van der Waals surface area contributed by atoms with Crippen molar-refractivity contribution in [2.75, 3.05) is 19.7 Å². The molecule has 2 unspecified atom stereocenters. The first kappa shape index (κ1) is 23.5. The molecule has 0 saturated carbocycles. The average molecular weight is 360 g/mol. The second-order valence-corrected chi connectivity index (χ2v) is 7.10. The number of esters is 1. The molecule has 0 bridgehead atoms. The Morgan fingerprint density at radius 1 is 1.25 bits per heavy atom. The van der Waals surface area contributed by atoms with Crippen LogP contribution in [-0.4, -0.2) is 31.7 Å². The van der Waals surface area contributed by atoms with Gasteiger partial charge in [-0.2, -0.15) is 0 Å². The Labute approximate surface area is 155 Å². The van der Waals surface area contributed by atoms with Crippen LogP contribution in [-0.2, 0) is 9.53 Å². The van der Waals surface area contributed by atoms with Crippen molar-refractivity contribution in [1.82, 2.24) is 0 Å². The zero-order valence-corrected chi connectivity index (χ0v) is 16.6. The lowest BCUT2D eigenvalue weighted by Gasteiger charge is -2.32. The summed E-state index contributed by atoms with van der Waals surface area (Å²) >= 11 is 0. The molecule has 1 N–H and O–H groups in total. The highest BCUT2D eigenvalue weighted by Crippen LogP contribution is 2.21. The minimum atomic E-state index is -0.292. The van der Waals surface area contributed by atoms with Crippen LogP contribution in [0, 0.1) is 5.92 Å². The Morgan fingerprint density at radius 3 is 2.58 bits per heavy atom. The average Bonchev–Trinajstić information content (AvgIpc) is 2.56. The minimum Gasteiger partial charge on any atom is -1.00 e. The fourth-order valence-electron chi connectivity index (χ4n) is 4.07. The van der Waals surface area contributed by atoms with Gasteiger partial charge in [-0.3, -0.25) is 0 Å². The monoisotopic (exact) mass is 359 g/mol. The molecule has 0 spiro atoms. The Bertz CT molecular complexity index is 330. The first-order chi connectivity index (χ1) is 11.2. The number of halogens is 1. The SMILES string of the molecule is C=CC(=O)OCC[NH+]1CCCCC1CCCC(CCC)CCC.[Cl-]. The second kappa shape index (κ2) is 14.8. The maximum atomic E-state index is 11.2. The van der Waals surface area contributed by atoms with Gasteiger partial charge in [0.15, 0.2) is 0 Å². The molecular weight excluding hydrogens is 322 g/mol. The Balaban J connectivity index is 0.00000529. The summed E-state index contributed by atoms with van der Waals surface area (Å²) in [6, 6.07) is 0.773. The third-order valence-electron chi connectivity index (χ3n) is 5.27. The third kappa shape index (κ3) is 9.68. The van der Waals surface area contributed by atoms with E-state index in [1.807, 2.05) is 0 Å². The number of hydrogen-bond donors (Lipinski definition) is 1. The fourth-order valence-corrected chi connectivity index (χ4v) is 4.07. The fraction of sp³-hybridized carbons (Fsp3) is 0.850. The number of nitrogens with one attached hydrogen (secondary N) is 1. The van der Waals surface area contributed by atoms with E-state index in [0.717, 1.165) is 18.5 Å². The summed E-state index contributed by atoms with van der Waals surface area (Å²) in [6.07, 6.45) is 14.8. The van der Waals surface area contributed by atoms with Crippen molar-refractivity contribution in [3.05, 3.63) is 12.7 Å². The predicted molar refractivity (Wildman–Crippen MR) is 96.6 cm³/mol. The summed E-state index contributed by atoms with van der Waals surface area (Å²) in [5.74, 6) is 0.644. The molecule has 0 amide bonds. The normalized spacial score (nSPS) is 20.5. The van der Waals surface area contributed by atoms with Gasteiger partial charge < -0.3 is 22.0 Å². The van der Waals surface area contributed by atoms with Crippen molar-refractivity contribution in [1.29, 1.82) is 0 Å². The van der Waals surface area contributed by atoms with Crippen LogP contribution in [0.25, 0.3) is 0 Å². The van der Waals surface area contributed by atoms with Crippen LogP contribution in [0.3, 0.4) is 0 Å². The van der Waals surface area contributed by atoms with Crippen molar-refractivity contribution in [3.8, 4) is 0 Å². The highest BCUT2D eigenvalue weighted by atomic mass is 35.5. The first-order valence-electron chi connectivity index (χ1n) is 9.85. The lowest BCUT2D eigenvalue weighted by molar-refractivity contribution is -0.931. The minimum absolute atomic E-state index is 0. The molecule has 0 radical (unpaired) electrons. The molecule has 0 aromatic carbocycles. The van der Waals surface area contributed by atoms with Gasteiger partial charge in [0.1, 0.15) is 13.2 Å². The molecule has 1 heterocycles. The van der Waals surface area contributed by atoms with Gasteiger partial charge in [0.25, 0.3) is 0 Å². The molecule has 142 valence electrons. The molecule has 1 saturated heterocycles. The largest absolute Gasteiger partial charge is 1.00 e. The van der Waals surface area contributed by atoms with Gasteiger partial charge in [-0.25, -0.2) is 4.79 Å². The zero-order chi connectivity index (χ0) is 16.9. The molecule has 3 nitrogen and oxygen atoms in total. The number of piperidine rings is 1. The van der Waals surface area contributed by atoms with Crippen LogP contribution in [0.5, 0.6) is 0 Å². The van der Waals surface area contributed by atoms with Crippen molar-refractivity contribution < 1.29 is 26.8 Å². The molecule has 1 rings (SSSR count). The van der Waals surface area contributed by atoms with Gasteiger partial charge in [0, 0.05) is 6.08 Å². The van der Waals surface area contributed by atoms with E-state index >= 15 is 0 Å². The number of quaternary nitrogens is 1. The molecule has 4 heteroatoms. The Kier molecular flexibility index (Phi) is 14.4. The van der Waals surface area contributed by atoms with Crippen LogP contribution in [0.2, 0.25) is 0 Å². The second-order valence-electron chi connectivity index (χ2n) is 7.10. The number of likely N-dealkylation sites (tertiary alicyclic amines) is 1. The van der Waals surface area contributed by atoms with E-state index in [2.05, 4.69) is 20.4 Å². The standard InChI is InChI=1S/C20H37NO2.ClH/c1-4-10-18(11-5-2)12-9-14-19-13-7-8-15-21(19)16-17-23-20(22)6-3;/h6,18-19H,3-5,7-17H2,1-2H3;1H. The van der Waals surface area contributed by atoms with Crippen LogP contribution in [0.15, 0.2) is 12.7 Å². The van der Waals surface area contributed by atoms with E-state index in [1.165, 1.54) is 76.8 Å². The zero-order valence-electron chi connectivity index (χ0n) is 15.8. The summed E-state index contributed by atoms with van der Waals surface area (Å²) in [4.78, 5) is 12.8. The van der Waals surface area contributed by atoms with E-state index in [9.17, 15) is 4.79 Å². The molecule has 1 aliphatic rings. The van der Waals surface area contributed by atoms with Crippen molar-refractivity contribution in [2.24, 2.45) is 5.92 Å². The maximum Gasteiger partial charge on any atom is 0.330 e. The van der Waals surface area contributed by atoms with E-state index in [0.29, 0.717) is 6.61 Å². The van der Waals surface area contributed by atoms with Gasteiger partial charge in [-0.05, 0) is 38.0 Å². The highest BCUT2D eigenvalue weighted by molar-refractivity contribution is 5.81. The van der Waals surface area contributed by atoms with Crippen molar-refractivity contribution in [2.45, 2.75) is 84.1 Å². The molecule has 0 aliphatic carbocycles. The molecule has 1 fully saturated rings.